The van der Waals surface area contributed by atoms with Crippen LogP contribution in [-0.2, 0) is 0 Å². The van der Waals surface area contributed by atoms with E-state index in [1.165, 1.54) is 0 Å². The molecule has 3 nitrogen and oxygen atoms in total. The van der Waals surface area contributed by atoms with Crippen LogP contribution in [0.3, 0.4) is 0 Å². The third kappa shape index (κ3) is 2.42. The zero-order chi connectivity index (χ0) is 13.3. The Kier molecular flexibility index (Phi) is 3.73. The van der Waals surface area contributed by atoms with Gasteiger partial charge in [-0.3, -0.25) is 0 Å². The number of hydrogen-bond donors (Lipinski definition) is 1. The Morgan fingerprint density at radius 1 is 1.22 bits per heavy atom. The normalized spacial score (nSPS) is 12.5. The van der Waals surface area contributed by atoms with Gasteiger partial charge < -0.3 is 5.73 Å². The van der Waals surface area contributed by atoms with Crippen molar-refractivity contribution >= 4 is 15.9 Å². The van der Waals surface area contributed by atoms with Crippen molar-refractivity contribution in [1.29, 1.82) is 0 Å². The van der Waals surface area contributed by atoms with Gasteiger partial charge in [-0.1, -0.05) is 12.1 Å². The van der Waals surface area contributed by atoms with Crippen molar-refractivity contribution in [2.75, 3.05) is 0 Å². The Labute approximate surface area is 113 Å². The maximum atomic E-state index is 14.0. The summed E-state index contributed by atoms with van der Waals surface area (Å²) in [6.07, 6.45) is 0. The van der Waals surface area contributed by atoms with Crippen molar-refractivity contribution in [3.63, 3.8) is 0 Å². The van der Waals surface area contributed by atoms with E-state index < -0.39 is 6.04 Å². The number of aromatic nitrogens is 2. The van der Waals surface area contributed by atoms with Crippen molar-refractivity contribution in [3.8, 4) is 0 Å². The van der Waals surface area contributed by atoms with E-state index in [1.54, 1.807) is 18.2 Å². The van der Waals surface area contributed by atoms with Crippen LogP contribution >= 0.6 is 15.9 Å². The number of nitrogens with zero attached hydrogens (tertiary/aromatic N) is 2. The molecule has 0 radical (unpaired) electrons. The van der Waals surface area contributed by atoms with Gasteiger partial charge in [0.05, 0.1) is 21.9 Å². The van der Waals surface area contributed by atoms with Crippen LogP contribution in [0.25, 0.3) is 0 Å². The first-order chi connectivity index (χ1) is 8.50. The van der Waals surface area contributed by atoms with Crippen LogP contribution in [0.2, 0.25) is 0 Å². The standard InChI is InChI=1S/C13H13BrFN3/c1-7-6-10(8(2)18-17-7)13(16)9-4-3-5-11(14)12(9)15/h3-6,13H,16H2,1-2H3. The van der Waals surface area contributed by atoms with E-state index in [-0.39, 0.29) is 5.82 Å². The lowest BCUT2D eigenvalue weighted by Crippen LogP contribution is -2.16. The quantitative estimate of drug-likeness (QED) is 0.927. The zero-order valence-electron chi connectivity index (χ0n) is 10.1. The number of hydrogen-bond acceptors (Lipinski definition) is 3. The first-order valence-electron chi connectivity index (χ1n) is 5.51. The van der Waals surface area contributed by atoms with Crippen molar-refractivity contribution < 1.29 is 4.39 Å². The van der Waals surface area contributed by atoms with Crippen LogP contribution in [0.5, 0.6) is 0 Å². The minimum Gasteiger partial charge on any atom is -0.320 e. The fourth-order valence-electron chi connectivity index (χ4n) is 1.81. The molecule has 1 aromatic heterocycles. The Hall–Kier alpha value is -1.33. The van der Waals surface area contributed by atoms with Crippen LogP contribution in [0.1, 0.15) is 28.6 Å². The maximum Gasteiger partial charge on any atom is 0.142 e. The highest BCUT2D eigenvalue weighted by Gasteiger charge is 2.18. The summed E-state index contributed by atoms with van der Waals surface area (Å²) in [5, 5.41) is 7.96. The molecule has 0 aliphatic carbocycles. The first kappa shape index (κ1) is 13.1. The van der Waals surface area contributed by atoms with E-state index in [0.717, 1.165) is 11.3 Å². The molecule has 0 spiro atoms. The Balaban J connectivity index is 2.51. The fourth-order valence-corrected chi connectivity index (χ4v) is 2.19. The summed E-state index contributed by atoms with van der Waals surface area (Å²) in [5.74, 6) is -0.334. The second-order valence-electron chi connectivity index (χ2n) is 4.15. The van der Waals surface area contributed by atoms with E-state index in [0.29, 0.717) is 15.7 Å². The predicted octanol–water partition coefficient (Wildman–Crippen LogP) is 3.04. The average Bonchev–Trinajstić information content (AvgIpc) is 2.35. The van der Waals surface area contributed by atoms with Crippen LogP contribution < -0.4 is 5.73 Å². The highest BCUT2D eigenvalue weighted by atomic mass is 79.9. The number of aryl methyl sites for hydroxylation is 2. The molecular weight excluding hydrogens is 297 g/mol. The Bertz CT molecular complexity index is 584. The van der Waals surface area contributed by atoms with E-state index in [1.807, 2.05) is 19.9 Å². The third-order valence-corrected chi connectivity index (χ3v) is 3.40. The second kappa shape index (κ2) is 5.12. The lowest BCUT2D eigenvalue weighted by Gasteiger charge is -2.16. The minimum atomic E-state index is -0.545. The van der Waals surface area contributed by atoms with Gasteiger partial charge in [0, 0.05) is 5.56 Å². The summed E-state index contributed by atoms with van der Waals surface area (Å²) >= 11 is 3.16. The molecule has 0 aliphatic heterocycles. The monoisotopic (exact) mass is 309 g/mol. The third-order valence-electron chi connectivity index (χ3n) is 2.79. The molecule has 0 aliphatic rings. The average molecular weight is 310 g/mol. The van der Waals surface area contributed by atoms with Crippen molar-refractivity contribution in [2.45, 2.75) is 19.9 Å². The van der Waals surface area contributed by atoms with Crippen molar-refractivity contribution in [2.24, 2.45) is 5.73 Å². The maximum absolute atomic E-state index is 14.0. The molecule has 2 N–H and O–H groups in total. The summed E-state index contributed by atoms with van der Waals surface area (Å²) in [6.45, 7) is 3.65. The summed E-state index contributed by atoms with van der Waals surface area (Å²) in [5.41, 5.74) is 8.84. The smallest absolute Gasteiger partial charge is 0.142 e. The molecule has 0 saturated heterocycles. The first-order valence-corrected chi connectivity index (χ1v) is 6.30. The van der Waals surface area contributed by atoms with Gasteiger partial charge in [0.1, 0.15) is 5.82 Å². The van der Waals surface area contributed by atoms with Gasteiger partial charge in [0.2, 0.25) is 0 Å². The molecule has 0 fully saturated rings. The van der Waals surface area contributed by atoms with Gasteiger partial charge in [-0.25, -0.2) is 4.39 Å². The summed E-state index contributed by atoms with van der Waals surface area (Å²) in [4.78, 5) is 0. The molecule has 0 amide bonds. The SMILES string of the molecule is Cc1cc(C(N)c2cccc(Br)c2F)c(C)nn1. The van der Waals surface area contributed by atoms with E-state index >= 15 is 0 Å². The lowest BCUT2D eigenvalue weighted by atomic mass is 9.98. The molecule has 5 heteroatoms. The number of rotatable bonds is 2. The molecule has 1 heterocycles. The van der Waals surface area contributed by atoms with Crippen LogP contribution in [0, 0.1) is 19.7 Å². The minimum absolute atomic E-state index is 0.334. The molecular formula is C13H13BrFN3. The summed E-state index contributed by atoms with van der Waals surface area (Å²) < 4.78 is 14.4. The molecule has 1 aromatic carbocycles. The van der Waals surface area contributed by atoms with Gasteiger partial charge in [0.25, 0.3) is 0 Å². The molecule has 0 bridgehead atoms. The zero-order valence-corrected chi connectivity index (χ0v) is 11.7. The fraction of sp³-hybridized carbons (Fsp3) is 0.231. The lowest BCUT2D eigenvalue weighted by molar-refractivity contribution is 0.592. The van der Waals surface area contributed by atoms with Gasteiger partial charge >= 0.3 is 0 Å². The largest absolute Gasteiger partial charge is 0.320 e. The number of benzene rings is 1. The molecule has 1 unspecified atom stereocenters. The molecule has 2 aromatic rings. The highest BCUT2D eigenvalue weighted by Crippen LogP contribution is 2.27. The van der Waals surface area contributed by atoms with Crippen molar-refractivity contribution in [3.05, 3.63) is 57.1 Å². The topological polar surface area (TPSA) is 51.8 Å². The Morgan fingerprint density at radius 2 is 1.94 bits per heavy atom. The predicted molar refractivity (Wildman–Crippen MR) is 71.6 cm³/mol. The summed E-state index contributed by atoms with van der Waals surface area (Å²) in [7, 11) is 0. The molecule has 18 heavy (non-hydrogen) atoms. The van der Waals surface area contributed by atoms with E-state index in [9.17, 15) is 4.39 Å². The number of halogens is 2. The molecule has 0 saturated carbocycles. The van der Waals surface area contributed by atoms with E-state index in [4.69, 9.17) is 5.73 Å². The molecule has 2 rings (SSSR count). The second-order valence-corrected chi connectivity index (χ2v) is 5.00. The molecule has 1 atom stereocenters. The van der Waals surface area contributed by atoms with Crippen LogP contribution in [0.15, 0.2) is 28.7 Å². The van der Waals surface area contributed by atoms with Gasteiger partial charge in [-0.2, -0.15) is 10.2 Å². The van der Waals surface area contributed by atoms with Crippen molar-refractivity contribution in [1.82, 2.24) is 10.2 Å². The van der Waals surface area contributed by atoms with Gasteiger partial charge in [-0.05, 0) is 47.5 Å². The highest BCUT2D eigenvalue weighted by molar-refractivity contribution is 9.10. The number of nitrogens with two attached hydrogens (primary N) is 1. The molecule has 94 valence electrons. The van der Waals surface area contributed by atoms with E-state index in [2.05, 4.69) is 26.1 Å². The van der Waals surface area contributed by atoms with Gasteiger partial charge in [0.15, 0.2) is 0 Å². The van der Waals surface area contributed by atoms with Gasteiger partial charge in [-0.15, -0.1) is 0 Å². The van der Waals surface area contributed by atoms with Crippen LogP contribution in [0.4, 0.5) is 4.39 Å². The van der Waals surface area contributed by atoms with Crippen LogP contribution in [-0.4, -0.2) is 10.2 Å². The summed E-state index contributed by atoms with van der Waals surface area (Å²) in [6, 6.07) is 6.39. The Morgan fingerprint density at radius 3 is 2.67 bits per heavy atom.